The number of anilines is 2. The van der Waals surface area contributed by atoms with Gasteiger partial charge in [-0.15, -0.1) is 0 Å². The van der Waals surface area contributed by atoms with E-state index in [9.17, 15) is 14.9 Å². The summed E-state index contributed by atoms with van der Waals surface area (Å²) in [6.07, 6.45) is 0.224. The van der Waals surface area contributed by atoms with E-state index in [4.69, 9.17) is 5.26 Å². The van der Waals surface area contributed by atoms with Crippen LogP contribution < -0.4 is 10.6 Å². The van der Waals surface area contributed by atoms with Crippen LogP contribution in [0.2, 0.25) is 0 Å². The Kier molecular flexibility index (Phi) is 5.28. The summed E-state index contributed by atoms with van der Waals surface area (Å²) in [6.45, 7) is 0.292. The Morgan fingerprint density at radius 2 is 1.85 bits per heavy atom. The quantitative estimate of drug-likeness (QED) is 0.386. The highest BCUT2D eigenvalue weighted by Crippen LogP contribution is 2.26. The highest BCUT2D eigenvalue weighted by molar-refractivity contribution is 6.06. The van der Waals surface area contributed by atoms with E-state index in [2.05, 4.69) is 10.6 Å². The number of nitro groups is 1. The molecule has 0 atom stereocenters. The first kappa shape index (κ1) is 17.9. The molecule has 1 amide bonds. The number of benzene rings is 3. The molecule has 0 aliphatic rings. The molecule has 0 aromatic heterocycles. The number of amides is 1. The maximum absolute atomic E-state index is 12.5. The molecule has 27 heavy (non-hydrogen) atoms. The van der Waals surface area contributed by atoms with Gasteiger partial charge in [0.15, 0.2) is 0 Å². The molecule has 7 heteroatoms. The van der Waals surface area contributed by atoms with Crippen LogP contribution >= 0.6 is 0 Å². The van der Waals surface area contributed by atoms with Gasteiger partial charge in [-0.3, -0.25) is 14.9 Å². The molecule has 134 valence electrons. The van der Waals surface area contributed by atoms with Crippen LogP contribution in [0.4, 0.5) is 17.1 Å². The lowest BCUT2D eigenvalue weighted by molar-refractivity contribution is -0.384. The summed E-state index contributed by atoms with van der Waals surface area (Å²) in [5, 5.41) is 27.5. The van der Waals surface area contributed by atoms with E-state index in [0.717, 1.165) is 10.8 Å². The SMILES string of the molecule is N#CCCNc1ccc(C(=O)Nc2ccc3ccccc3c2)cc1[N+](=O)[O-]. The highest BCUT2D eigenvalue weighted by Gasteiger charge is 2.17. The van der Waals surface area contributed by atoms with Gasteiger partial charge in [0.05, 0.1) is 17.4 Å². The fourth-order valence-corrected chi connectivity index (χ4v) is 2.70. The van der Waals surface area contributed by atoms with Crippen LogP contribution in [-0.4, -0.2) is 17.4 Å². The second-order valence-electron chi connectivity index (χ2n) is 5.84. The number of hydrogen-bond donors (Lipinski definition) is 2. The van der Waals surface area contributed by atoms with E-state index in [1.807, 2.05) is 42.5 Å². The van der Waals surface area contributed by atoms with E-state index in [1.165, 1.54) is 18.2 Å². The second-order valence-corrected chi connectivity index (χ2v) is 5.84. The number of fused-ring (bicyclic) bond motifs is 1. The minimum atomic E-state index is -0.554. The van der Waals surface area contributed by atoms with E-state index in [1.54, 1.807) is 6.07 Å². The molecule has 3 aromatic rings. The summed E-state index contributed by atoms with van der Waals surface area (Å²) in [6, 6.07) is 19.5. The number of rotatable bonds is 6. The van der Waals surface area contributed by atoms with Crippen molar-refractivity contribution in [2.24, 2.45) is 0 Å². The predicted octanol–water partition coefficient (Wildman–Crippen LogP) is 4.33. The van der Waals surface area contributed by atoms with Crippen molar-refractivity contribution in [2.45, 2.75) is 6.42 Å². The van der Waals surface area contributed by atoms with Crippen molar-refractivity contribution >= 4 is 33.7 Å². The molecule has 0 bridgehead atoms. The van der Waals surface area contributed by atoms with E-state index in [0.29, 0.717) is 12.2 Å². The topological polar surface area (TPSA) is 108 Å². The Balaban J connectivity index is 1.81. The van der Waals surface area contributed by atoms with Crippen LogP contribution in [0.15, 0.2) is 60.7 Å². The summed E-state index contributed by atoms with van der Waals surface area (Å²) >= 11 is 0. The van der Waals surface area contributed by atoms with Crippen molar-refractivity contribution in [3.8, 4) is 6.07 Å². The Morgan fingerprint density at radius 3 is 2.59 bits per heavy atom. The van der Waals surface area contributed by atoms with Crippen LogP contribution in [0.3, 0.4) is 0 Å². The zero-order chi connectivity index (χ0) is 19.2. The molecule has 0 heterocycles. The molecule has 3 rings (SSSR count). The van der Waals surface area contributed by atoms with Crippen LogP contribution in [0.25, 0.3) is 10.8 Å². The smallest absolute Gasteiger partial charge is 0.293 e. The first-order valence-electron chi connectivity index (χ1n) is 8.28. The molecule has 7 nitrogen and oxygen atoms in total. The molecule has 0 aliphatic carbocycles. The van der Waals surface area contributed by atoms with Crippen molar-refractivity contribution in [1.82, 2.24) is 0 Å². The normalized spacial score (nSPS) is 10.2. The van der Waals surface area contributed by atoms with Gasteiger partial charge in [0.2, 0.25) is 0 Å². The Morgan fingerprint density at radius 1 is 1.07 bits per heavy atom. The lowest BCUT2D eigenvalue weighted by atomic mass is 10.1. The van der Waals surface area contributed by atoms with Crippen molar-refractivity contribution in [1.29, 1.82) is 5.26 Å². The molecule has 0 saturated carbocycles. The molecule has 2 N–H and O–H groups in total. The van der Waals surface area contributed by atoms with Crippen LogP contribution in [0.1, 0.15) is 16.8 Å². The van der Waals surface area contributed by atoms with Crippen LogP contribution in [0, 0.1) is 21.4 Å². The summed E-state index contributed by atoms with van der Waals surface area (Å²) < 4.78 is 0. The highest BCUT2D eigenvalue weighted by atomic mass is 16.6. The first-order valence-corrected chi connectivity index (χ1v) is 8.28. The Hall–Kier alpha value is -3.92. The standard InChI is InChI=1S/C20H16N4O3/c21-10-3-11-22-18-9-7-16(13-19(18)24(26)27)20(25)23-17-8-6-14-4-1-2-5-15(14)12-17/h1-2,4-9,12-13,22H,3,11H2,(H,23,25). The number of nitrogens with one attached hydrogen (secondary N) is 2. The molecule has 0 saturated heterocycles. The van der Waals surface area contributed by atoms with Gasteiger partial charge in [0, 0.05) is 23.9 Å². The van der Waals surface area contributed by atoms with Gasteiger partial charge >= 0.3 is 0 Å². The Bertz CT molecular complexity index is 1060. The van der Waals surface area contributed by atoms with E-state index < -0.39 is 10.8 Å². The zero-order valence-corrected chi connectivity index (χ0v) is 14.3. The fourth-order valence-electron chi connectivity index (χ4n) is 2.70. The molecule has 3 aromatic carbocycles. The van der Waals surface area contributed by atoms with Crippen molar-refractivity contribution in [2.75, 3.05) is 17.2 Å². The van der Waals surface area contributed by atoms with Crippen molar-refractivity contribution < 1.29 is 9.72 Å². The molecule has 0 spiro atoms. The molecule has 0 radical (unpaired) electrons. The van der Waals surface area contributed by atoms with E-state index >= 15 is 0 Å². The third-order valence-corrected chi connectivity index (χ3v) is 4.02. The molecular formula is C20H16N4O3. The van der Waals surface area contributed by atoms with Gasteiger partial charge in [-0.25, -0.2) is 0 Å². The van der Waals surface area contributed by atoms with Gasteiger partial charge in [-0.2, -0.15) is 5.26 Å². The monoisotopic (exact) mass is 360 g/mol. The average molecular weight is 360 g/mol. The van der Waals surface area contributed by atoms with Gasteiger partial charge in [-0.1, -0.05) is 30.3 Å². The fraction of sp³-hybridized carbons (Fsp3) is 0.100. The van der Waals surface area contributed by atoms with Gasteiger partial charge in [-0.05, 0) is 35.0 Å². The summed E-state index contributed by atoms with van der Waals surface area (Å²) in [5.41, 5.74) is 0.856. The second kappa shape index (κ2) is 7.97. The summed E-state index contributed by atoms with van der Waals surface area (Å²) in [4.78, 5) is 23.2. The summed E-state index contributed by atoms with van der Waals surface area (Å²) in [5.74, 6) is -0.433. The number of hydrogen-bond acceptors (Lipinski definition) is 5. The number of nitro benzene ring substituents is 1. The van der Waals surface area contributed by atoms with Crippen LogP contribution in [-0.2, 0) is 0 Å². The number of carbonyl (C=O) groups excluding carboxylic acids is 1. The zero-order valence-electron chi connectivity index (χ0n) is 14.3. The number of carbonyl (C=O) groups is 1. The number of nitrogens with zero attached hydrogens (tertiary/aromatic N) is 2. The predicted molar refractivity (Wildman–Crippen MR) is 104 cm³/mol. The number of nitriles is 1. The minimum Gasteiger partial charge on any atom is -0.378 e. The molecule has 0 aliphatic heterocycles. The average Bonchev–Trinajstić information content (AvgIpc) is 2.68. The maximum Gasteiger partial charge on any atom is 0.293 e. The van der Waals surface area contributed by atoms with Gasteiger partial charge in [0.1, 0.15) is 5.69 Å². The minimum absolute atomic E-state index is 0.181. The van der Waals surface area contributed by atoms with Gasteiger partial charge in [0.25, 0.3) is 11.6 Å². The maximum atomic E-state index is 12.5. The molecule has 0 unspecified atom stereocenters. The Labute approximate surface area is 155 Å². The van der Waals surface area contributed by atoms with Crippen LogP contribution in [0.5, 0.6) is 0 Å². The largest absolute Gasteiger partial charge is 0.378 e. The van der Waals surface area contributed by atoms with Crippen molar-refractivity contribution in [3.63, 3.8) is 0 Å². The molecular weight excluding hydrogens is 344 g/mol. The first-order chi connectivity index (χ1) is 13.1. The summed E-state index contributed by atoms with van der Waals surface area (Å²) in [7, 11) is 0. The lowest BCUT2D eigenvalue weighted by Gasteiger charge is -2.09. The lowest BCUT2D eigenvalue weighted by Crippen LogP contribution is -2.13. The van der Waals surface area contributed by atoms with E-state index in [-0.39, 0.29) is 23.4 Å². The van der Waals surface area contributed by atoms with Gasteiger partial charge < -0.3 is 10.6 Å². The third kappa shape index (κ3) is 4.19. The molecule has 0 fully saturated rings. The third-order valence-electron chi connectivity index (χ3n) is 4.02. The van der Waals surface area contributed by atoms with Crippen molar-refractivity contribution in [3.05, 3.63) is 76.3 Å².